The summed E-state index contributed by atoms with van der Waals surface area (Å²) >= 11 is 5.62. The molecule has 6 heteroatoms. The number of halogens is 1. The summed E-state index contributed by atoms with van der Waals surface area (Å²) in [6.07, 6.45) is 2.07. The molecule has 4 nitrogen and oxygen atoms in total. The zero-order valence-corrected chi connectivity index (χ0v) is 9.88. The van der Waals surface area contributed by atoms with Gasteiger partial charge in [-0.1, -0.05) is 18.5 Å². The van der Waals surface area contributed by atoms with Crippen LogP contribution in [0.1, 0.15) is 19.0 Å². The maximum absolute atomic E-state index is 11.3. The van der Waals surface area contributed by atoms with Crippen molar-refractivity contribution in [3.8, 4) is 0 Å². The molecule has 0 N–H and O–H groups in total. The van der Waals surface area contributed by atoms with Crippen molar-refractivity contribution in [3.05, 3.63) is 29.0 Å². The lowest BCUT2D eigenvalue weighted by atomic mass is 10.4. The fraction of sp³-hybridized carbons (Fsp3) is 0.444. The van der Waals surface area contributed by atoms with E-state index in [1.807, 2.05) is 6.92 Å². The zero-order chi connectivity index (χ0) is 11.3. The van der Waals surface area contributed by atoms with E-state index in [0.29, 0.717) is 17.1 Å². The average molecular weight is 250 g/mol. The maximum Gasteiger partial charge on any atom is 0.273 e. The molecule has 1 heterocycles. The summed E-state index contributed by atoms with van der Waals surface area (Å²) < 4.78 is 27.4. The molecule has 0 aromatic carbocycles. The van der Waals surface area contributed by atoms with Crippen molar-refractivity contribution in [1.82, 2.24) is 4.98 Å². The van der Waals surface area contributed by atoms with Crippen LogP contribution in [-0.4, -0.2) is 20.0 Å². The molecule has 0 saturated carbocycles. The van der Waals surface area contributed by atoms with Crippen molar-refractivity contribution >= 4 is 21.7 Å². The Kier molecular flexibility index (Phi) is 4.50. The Bertz CT molecular complexity index is 402. The van der Waals surface area contributed by atoms with Gasteiger partial charge in [0, 0.05) is 6.20 Å². The Hall–Kier alpha value is -0.650. The Morgan fingerprint density at radius 1 is 1.47 bits per heavy atom. The highest BCUT2D eigenvalue weighted by molar-refractivity contribution is 7.85. The van der Waals surface area contributed by atoms with Crippen molar-refractivity contribution in [1.29, 1.82) is 0 Å². The molecule has 0 unspecified atom stereocenters. The minimum atomic E-state index is -3.52. The molecule has 1 aromatic heterocycles. The third kappa shape index (κ3) is 4.59. The Labute approximate surface area is 94.4 Å². The largest absolute Gasteiger partial charge is 0.273 e. The SMILES string of the molecule is CCCOS(=O)(=O)Cc1ccc(Cl)cn1. The minimum absolute atomic E-state index is 0.204. The highest BCUT2D eigenvalue weighted by Gasteiger charge is 2.12. The topological polar surface area (TPSA) is 56.3 Å². The molecule has 84 valence electrons. The van der Waals surface area contributed by atoms with Gasteiger partial charge in [0.15, 0.2) is 0 Å². The van der Waals surface area contributed by atoms with Crippen LogP contribution < -0.4 is 0 Å². The lowest BCUT2D eigenvalue weighted by molar-refractivity contribution is 0.317. The van der Waals surface area contributed by atoms with E-state index in [4.69, 9.17) is 15.8 Å². The fourth-order valence-corrected chi connectivity index (χ4v) is 2.07. The summed E-state index contributed by atoms with van der Waals surface area (Å²) in [6.45, 7) is 2.05. The van der Waals surface area contributed by atoms with Crippen LogP contribution in [0.5, 0.6) is 0 Å². The first-order valence-corrected chi connectivity index (χ1v) is 6.46. The molecule has 0 fully saturated rings. The van der Waals surface area contributed by atoms with Gasteiger partial charge in [0.25, 0.3) is 10.1 Å². The first-order chi connectivity index (χ1) is 7.03. The molecular weight excluding hydrogens is 238 g/mol. The summed E-state index contributed by atoms with van der Waals surface area (Å²) in [5.41, 5.74) is 0.426. The summed E-state index contributed by atoms with van der Waals surface area (Å²) in [7, 11) is -3.52. The Balaban J connectivity index is 2.65. The predicted molar refractivity (Wildman–Crippen MR) is 58.1 cm³/mol. The first-order valence-electron chi connectivity index (χ1n) is 4.51. The van der Waals surface area contributed by atoms with Gasteiger partial charge in [-0.05, 0) is 18.6 Å². The van der Waals surface area contributed by atoms with E-state index < -0.39 is 10.1 Å². The van der Waals surface area contributed by atoms with Gasteiger partial charge in [0.2, 0.25) is 0 Å². The van der Waals surface area contributed by atoms with Crippen LogP contribution in [0.2, 0.25) is 5.02 Å². The second kappa shape index (κ2) is 5.44. The van der Waals surface area contributed by atoms with E-state index in [9.17, 15) is 8.42 Å². The summed E-state index contributed by atoms with van der Waals surface area (Å²) in [6, 6.07) is 3.16. The van der Waals surface area contributed by atoms with E-state index in [1.54, 1.807) is 12.1 Å². The normalized spacial score (nSPS) is 11.6. The van der Waals surface area contributed by atoms with Crippen molar-refractivity contribution in [2.75, 3.05) is 6.61 Å². The van der Waals surface area contributed by atoms with E-state index >= 15 is 0 Å². The molecule has 15 heavy (non-hydrogen) atoms. The number of hydrogen-bond donors (Lipinski definition) is 0. The molecule has 0 atom stereocenters. The molecule has 1 aromatic rings. The third-order valence-electron chi connectivity index (χ3n) is 1.58. The highest BCUT2D eigenvalue weighted by atomic mass is 35.5. The second-order valence-electron chi connectivity index (χ2n) is 2.99. The van der Waals surface area contributed by atoms with Gasteiger partial charge in [-0.2, -0.15) is 8.42 Å². The van der Waals surface area contributed by atoms with Crippen LogP contribution in [0.4, 0.5) is 0 Å². The van der Waals surface area contributed by atoms with Crippen molar-refractivity contribution in [3.63, 3.8) is 0 Å². The van der Waals surface area contributed by atoms with Crippen LogP contribution in [0.25, 0.3) is 0 Å². The molecule has 0 amide bonds. The van der Waals surface area contributed by atoms with Crippen molar-refractivity contribution in [2.24, 2.45) is 0 Å². The van der Waals surface area contributed by atoms with Gasteiger partial charge >= 0.3 is 0 Å². The molecule has 0 bridgehead atoms. The first kappa shape index (κ1) is 12.4. The van der Waals surface area contributed by atoms with Crippen molar-refractivity contribution < 1.29 is 12.6 Å². The van der Waals surface area contributed by atoms with Crippen molar-refractivity contribution in [2.45, 2.75) is 19.1 Å². The summed E-state index contributed by atoms with van der Waals surface area (Å²) in [5, 5.41) is 0.477. The molecular formula is C9H12ClNO3S. The van der Waals surface area contributed by atoms with Crippen LogP contribution in [0.15, 0.2) is 18.3 Å². The van der Waals surface area contributed by atoms with Gasteiger partial charge in [-0.15, -0.1) is 0 Å². The number of rotatable bonds is 5. The van der Waals surface area contributed by atoms with E-state index in [-0.39, 0.29) is 12.4 Å². The van der Waals surface area contributed by atoms with Crippen LogP contribution >= 0.6 is 11.6 Å². The molecule has 0 saturated heterocycles. The number of aromatic nitrogens is 1. The molecule has 0 aliphatic rings. The predicted octanol–water partition coefficient (Wildman–Crippen LogP) is 1.99. The van der Waals surface area contributed by atoms with Crippen LogP contribution in [0, 0.1) is 0 Å². The maximum atomic E-state index is 11.3. The molecule has 0 aliphatic heterocycles. The minimum Gasteiger partial charge on any atom is -0.270 e. The standard InChI is InChI=1S/C9H12ClNO3S/c1-2-5-14-15(12,13)7-9-4-3-8(10)6-11-9/h3-4,6H,2,5,7H2,1H3. The number of hydrogen-bond acceptors (Lipinski definition) is 4. The van der Waals surface area contributed by atoms with Gasteiger partial charge in [0.05, 0.1) is 17.3 Å². The van der Waals surface area contributed by atoms with Gasteiger partial charge in [-0.25, -0.2) is 0 Å². The molecule has 0 spiro atoms. The average Bonchev–Trinajstić information content (AvgIpc) is 2.18. The summed E-state index contributed by atoms with van der Waals surface area (Å²) in [5.74, 6) is -0.218. The Morgan fingerprint density at radius 2 is 2.20 bits per heavy atom. The molecule has 1 rings (SSSR count). The number of pyridine rings is 1. The molecule has 0 radical (unpaired) electrons. The second-order valence-corrected chi connectivity index (χ2v) is 5.07. The lowest BCUT2D eigenvalue weighted by Gasteiger charge is -2.03. The smallest absolute Gasteiger partial charge is 0.270 e. The number of nitrogens with zero attached hydrogens (tertiary/aromatic N) is 1. The fourth-order valence-electron chi connectivity index (χ4n) is 0.925. The summed E-state index contributed by atoms with van der Waals surface area (Å²) in [4.78, 5) is 3.88. The molecule has 0 aliphatic carbocycles. The lowest BCUT2D eigenvalue weighted by Crippen LogP contribution is -2.10. The van der Waals surface area contributed by atoms with E-state index in [2.05, 4.69) is 4.98 Å². The van der Waals surface area contributed by atoms with Gasteiger partial charge in [0.1, 0.15) is 5.75 Å². The quantitative estimate of drug-likeness (QED) is 0.749. The zero-order valence-electron chi connectivity index (χ0n) is 8.31. The van der Waals surface area contributed by atoms with Crippen LogP contribution in [0.3, 0.4) is 0 Å². The van der Waals surface area contributed by atoms with E-state index in [1.165, 1.54) is 6.20 Å². The van der Waals surface area contributed by atoms with Gasteiger partial charge in [-0.3, -0.25) is 9.17 Å². The highest BCUT2D eigenvalue weighted by Crippen LogP contribution is 2.09. The van der Waals surface area contributed by atoms with Crippen LogP contribution in [-0.2, 0) is 20.1 Å². The third-order valence-corrected chi connectivity index (χ3v) is 2.98. The Morgan fingerprint density at radius 3 is 2.73 bits per heavy atom. The van der Waals surface area contributed by atoms with E-state index in [0.717, 1.165) is 0 Å². The van der Waals surface area contributed by atoms with Gasteiger partial charge < -0.3 is 0 Å². The monoisotopic (exact) mass is 249 g/mol.